The summed E-state index contributed by atoms with van der Waals surface area (Å²) >= 11 is 5.83. The Kier molecular flexibility index (Phi) is 3.41. The maximum atomic E-state index is 10.8. The second-order valence-corrected chi connectivity index (χ2v) is 3.92. The fraction of sp³-hybridized carbons (Fsp3) is 0.273. The molecule has 5 heteroatoms. The van der Waals surface area contributed by atoms with E-state index in [0.29, 0.717) is 0 Å². The average Bonchev–Trinajstić information content (AvgIpc) is 2.20. The number of carboxylic acids is 1. The maximum absolute atomic E-state index is 10.8. The standard InChI is InChI=1S/C11H10ClNO3/c1-4-11(2,3)16-9-8(12)7(10(14)15)5-6-13-9/h1,5-6H,2-3H3,(H,14,15). The molecule has 0 saturated carbocycles. The first kappa shape index (κ1) is 12.3. The molecule has 0 fully saturated rings. The highest BCUT2D eigenvalue weighted by molar-refractivity contribution is 6.34. The van der Waals surface area contributed by atoms with E-state index < -0.39 is 11.6 Å². The van der Waals surface area contributed by atoms with E-state index in [1.165, 1.54) is 12.3 Å². The number of carbonyl (C=O) groups is 1. The van der Waals surface area contributed by atoms with Crippen LogP contribution in [0.3, 0.4) is 0 Å². The molecule has 0 amide bonds. The van der Waals surface area contributed by atoms with Crippen molar-refractivity contribution in [3.8, 4) is 18.2 Å². The van der Waals surface area contributed by atoms with Gasteiger partial charge in [0.05, 0.1) is 5.56 Å². The first-order chi connectivity index (χ1) is 7.37. The van der Waals surface area contributed by atoms with Gasteiger partial charge in [0.1, 0.15) is 5.02 Å². The summed E-state index contributed by atoms with van der Waals surface area (Å²) in [4.78, 5) is 14.6. The summed E-state index contributed by atoms with van der Waals surface area (Å²) in [7, 11) is 0. The monoisotopic (exact) mass is 239 g/mol. The number of terminal acetylenes is 1. The van der Waals surface area contributed by atoms with Gasteiger partial charge in [-0.25, -0.2) is 9.78 Å². The molecule has 1 heterocycles. The molecule has 0 atom stereocenters. The number of rotatable bonds is 3. The summed E-state index contributed by atoms with van der Waals surface area (Å²) in [5, 5.41) is 8.78. The fourth-order valence-corrected chi connectivity index (χ4v) is 1.16. The number of hydrogen-bond donors (Lipinski definition) is 1. The van der Waals surface area contributed by atoms with Gasteiger partial charge in [0.15, 0.2) is 5.60 Å². The predicted molar refractivity (Wildman–Crippen MR) is 59.7 cm³/mol. The second kappa shape index (κ2) is 4.42. The number of aromatic carboxylic acids is 1. The second-order valence-electron chi connectivity index (χ2n) is 3.54. The van der Waals surface area contributed by atoms with Gasteiger partial charge >= 0.3 is 5.97 Å². The van der Waals surface area contributed by atoms with Crippen molar-refractivity contribution in [2.75, 3.05) is 0 Å². The molecule has 0 aliphatic carbocycles. The van der Waals surface area contributed by atoms with Crippen molar-refractivity contribution in [1.82, 2.24) is 4.98 Å². The number of hydrogen-bond acceptors (Lipinski definition) is 3. The summed E-state index contributed by atoms with van der Waals surface area (Å²) in [6.45, 7) is 3.30. The lowest BCUT2D eigenvalue weighted by Gasteiger charge is -2.20. The van der Waals surface area contributed by atoms with Crippen molar-refractivity contribution in [2.24, 2.45) is 0 Å². The predicted octanol–water partition coefficient (Wildman–Crippen LogP) is 2.22. The molecule has 1 N–H and O–H groups in total. The van der Waals surface area contributed by atoms with Crippen LogP contribution in [0.1, 0.15) is 24.2 Å². The highest BCUT2D eigenvalue weighted by atomic mass is 35.5. The topological polar surface area (TPSA) is 59.4 Å². The van der Waals surface area contributed by atoms with E-state index in [2.05, 4.69) is 10.9 Å². The van der Waals surface area contributed by atoms with E-state index in [4.69, 9.17) is 27.9 Å². The maximum Gasteiger partial charge on any atom is 0.337 e. The molecule has 4 nitrogen and oxygen atoms in total. The van der Waals surface area contributed by atoms with Crippen LogP contribution in [0.5, 0.6) is 5.88 Å². The zero-order chi connectivity index (χ0) is 12.3. The van der Waals surface area contributed by atoms with Gasteiger partial charge in [-0.05, 0) is 19.9 Å². The summed E-state index contributed by atoms with van der Waals surface area (Å²) in [6, 6.07) is 1.29. The summed E-state index contributed by atoms with van der Waals surface area (Å²) in [6.07, 6.45) is 6.54. The first-order valence-electron chi connectivity index (χ1n) is 4.42. The van der Waals surface area contributed by atoms with Crippen LogP contribution >= 0.6 is 11.6 Å². The molecule has 0 saturated heterocycles. The largest absolute Gasteiger partial charge is 0.478 e. The molecule has 1 aromatic rings. The van der Waals surface area contributed by atoms with Crippen LogP contribution in [0.2, 0.25) is 5.02 Å². The quantitative estimate of drug-likeness (QED) is 0.822. The van der Waals surface area contributed by atoms with E-state index in [0.717, 1.165) is 0 Å². The van der Waals surface area contributed by atoms with E-state index in [-0.39, 0.29) is 16.5 Å². The van der Waals surface area contributed by atoms with E-state index in [1.807, 2.05) is 0 Å². The number of ether oxygens (including phenoxy) is 1. The Balaban J connectivity index is 3.13. The normalized spacial score (nSPS) is 10.6. The third-order valence-electron chi connectivity index (χ3n) is 1.79. The molecule has 0 radical (unpaired) electrons. The minimum Gasteiger partial charge on any atom is -0.478 e. The summed E-state index contributed by atoms with van der Waals surface area (Å²) < 4.78 is 5.33. The molecule has 0 unspecified atom stereocenters. The number of halogens is 1. The van der Waals surface area contributed by atoms with Gasteiger partial charge in [0.2, 0.25) is 5.88 Å². The van der Waals surface area contributed by atoms with Crippen LogP contribution < -0.4 is 4.74 Å². The zero-order valence-corrected chi connectivity index (χ0v) is 9.58. The molecular weight excluding hydrogens is 230 g/mol. The molecule has 0 aliphatic heterocycles. The molecule has 84 valence electrons. The smallest absolute Gasteiger partial charge is 0.337 e. The lowest BCUT2D eigenvalue weighted by molar-refractivity contribution is 0.0695. The third-order valence-corrected chi connectivity index (χ3v) is 2.15. The van der Waals surface area contributed by atoms with Crippen molar-refractivity contribution >= 4 is 17.6 Å². The van der Waals surface area contributed by atoms with Crippen LogP contribution in [-0.2, 0) is 0 Å². The fourth-order valence-electron chi connectivity index (χ4n) is 0.932. The van der Waals surface area contributed by atoms with E-state index in [1.54, 1.807) is 13.8 Å². The van der Waals surface area contributed by atoms with Gasteiger partial charge in [-0.15, -0.1) is 6.42 Å². The Hall–Kier alpha value is -1.73. The molecule has 0 spiro atoms. The Labute approximate surface area is 98.2 Å². The molecule has 16 heavy (non-hydrogen) atoms. The summed E-state index contributed by atoms with van der Waals surface area (Å²) in [5.74, 6) is 1.27. The lowest BCUT2D eigenvalue weighted by atomic mass is 10.1. The van der Waals surface area contributed by atoms with Crippen LogP contribution in [0.4, 0.5) is 0 Å². The minimum atomic E-state index is -1.14. The van der Waals surface area contributed by atoms with Crippen LogP contribution in [0.25, 0.3) is 0 Å². The highest BCUT2D eigenvalue weighted by Crippen LogP contribution is 2.28. The number of pyridine rings is 1. The molecule has 1 aromatic heterocycles. The van der Waals surface area contributed by atoms with Gasteiger partial charge < -0.3 is 9.84 Å². The van der Waals surface area contributed by atoms with Gasteiger partial charge in [0.25, 0.3) is 0 Å². The summed E-state index contributed by atoms with van der Waals surface area (Å²) in [5.41, 5.74) is -0.965. The van der Waals surface area contributed by atoms with Crippen molar-refractivity contribution in [1.29, 1.82) is 0 Å². The van der Waals surface area contributed by atoms with E-state index >= 15 is 0 Å². The van der Waals surface area contributed by atoms with Gasteiger partial charge in [-0.2, -0.15) is 0 Å². The van der Waals surface area contributed by atoms with Crippen molar-refractivity contribution < 1.29 is 14.6 Å². The van der Waals surface area contributed by atoms with Crippen molar-refractivity contribution in [3.05, 3.63) is 22.8 Å². The van der Waals surface area contributed by atoms with Crippen molar-refractivity contribution in [2.45, 2.75) is 19.4 Å². The number of nitrogens with zero attached hydrogens (tertiary/aromatic N) is 1. The van der Waals surface area contributed by atoms with Crippen molar-refractivity contribution in [3.63, 3.8) is 0 Å². The molecule has 0 bridgehead atoms. The molecule has 1 rings (SSSR count). The first-order valence-corrected chi connectivity index (χ1v) is 4.80. The zero-order valence-electron chi connectivity index (χ0n) is 8.82. The Morgan fingerprint density at radius 3 is 2.81 bits per heavy atom. The lowest BCUT2D eigenvalue weighted by Crippen LogP contribution is -2.26. The van der Waals surface area contributed by atoms with Crippen LogP contribution in [0, 0.1) is 12.3 Å². The van der Waals surface area contributed by atoms with E-state index in [9.17, 15) is 4.79 Å². The third kappa shape index (κ3) is 2.65. The molecule has 0 aromatic carbocycles. The SMILES string of the molecule is C#CC(C)(C)Oc1nccc(C(=O)O)c1Cl. The van der Waals surface area contributed by atoms with Gasteiger partial charge in [-0.1, -0.05) is 17.5 Å². The van der Waals surface area contributed by atoms with Gasteiger partial charge in [0, 0.05) is 6.20 Å². The minimum absolute atomic E-state index is 0.0181. The Morgan fingerprint density at radius 1 is 1.69 bits per heavy atom. The Morgan fingerprint density at radius 2 is 2.31 bits per heavy atom. The van der Waals surface area contributed by atoms with Gasteiger partial charge in [-0.3, -0.25) is 0 Å². The Bertz CT molecular complexity index is 463. The highest BCUT2D eigenvalue weighted by Gasteiger charge is 2.21. The average molecular weight is 240 g/mol. The molecule has 0 aliphatic rings. The van der Waals surface area contributed by atoms with Crippen LogP contribution in [-0.4, -0.2) is 21.7 Å². The number of aromatic nitrogens is 1. The van der Waals surface area contributed by atoms with Crippen LogP contribution in [0.15, 0.2) is 12.3 Å². The molecular formula is C11H10ClNO3. The number of carboxylic acid groups (broad SMARTS) is 1.